The number of nitrogens with one attached hydrogen (secondary N) is 2. The van der Waals surface area contributed by atoms with Crippen LogP contribution in [-0.2, 0) is 29.5 Å². The van der Waals surface area contributed by atoms with Crippen LogP contribution in [-0.4, -0.2) is 55.1 Å². The highest BCUT2D eigenvalue weighted by atomic mass is 32.2. The molecule has 2 fully saturated rings. The zero-order valence-electron chi connectivity index (χ0n) is 26.1. The smallest absolute Gasteiger partial charge is 0.256 e. The van der Waals surface area contributed by atoms with Gasteiger partial charge in [0.05, 0.1) is 10.5 Å². The zero-order chi connectivity index (χ0) is 31.4. The molecule has 45 heavy (non-hydrogen) atoms. The molecule has 2 aliphatic carbocycles. The fraction of sp³-hybridized carbons (Fsp3) is 0.486. The van der Waals surface area contributed by atoms with Crippen LogP contribution in [0.25, 0.3) is 0 Å². The minimum absolute atomic E-state index is 0.0476. The van der Waals surface area contributed by atoms with Crippen molar-refractivity contribution in [3.8, 4) is 0 Å². The molecule has 0 bridgehead atoms. The Hall–Kier alpha value is -3.05. The van der Waals surface area contributed by atoms with Crippen LogP contribution >= 0.6 is 11.3 Å². The lowest BCUT2D eigenvalue weighted by molar-refractivity contribution is 0.0962. The second-order valence-corrected chi connectivity index (χ2v) is 15.6. The van der Waals surface area contributed by atoms with E-state index in [2.05, 4.69) is 27.7 Å². The number of anilines is 1. The van der Waals surface area contributed by atoms with E-state index in [-0.39, 0.29) is 28.8 Å². The average Bonchev–Trinajstić information content (AvgIpc) is 3.42. The van der Waals surface area contributed by atoms with Crippen LogP contribution in [0.3, 0.4) is 0 Å². The molecule has 240 valence electrons. The van der Waals surface area contributed by atoms with E-state index in [4.69, 9.17) is 0 Å². The highest BCUT2D eigenvalue weighted by Gasteiger charge is 2.38. The molecule has 2 amide bonds. The van der Waals surface area contributed by atoms with Gasteiger partial charge < -0.3 is 10.6 Å². The number of carbonyl (C=O) groups excluding carboxylic acids is 2. The van der Waals surface area contributed by atoms with E-state index >= 15 is 0 Å². The Morgan fingerprint density at radius 1 is 0.867 bits per heavy atom. The summed E-state index contributed by atoms with van der Waals surface area (Å²) in [5, 5.41) is 6.26. The van der Waals surface area contributed by atoms with Gasteiger partial charge in [0.1, 0.15) is 5.00 Å². The first-order valence-corrected chi connectivity index (χ1v) is 18.7. The van der Waals surface area contributed by atoms with Crippen LogP contribution in [0.2, 0.25) is 0 Å². The molecular weight excluding hydrogens is 605 g/mol. The van der Waals surface area contributed by atoms with Crippen molar-refractivity contribution in [3.05, 3.63) is 81.7 Å². The van der Waals surface area contributed by atoms with Gasteiger partial charge in [-0.15, -0.1) is 11.3 Å². The molecule has 2 N–H and O–H groups in total. The number of amides is 2. The monoisotopic (exact) mass is 648 g/mol. The standard InChI is InChI=1S/C35H44N4O4S2/c1-36-34(41)32-30-21-22-38(23-25-11-5-2-6-12-25)24-31(30)44-35(32)37-33(40)26-17-19-29(20-18-26)45(42,43)39(27-13-7-3-8-14-27)28-15-9-4-10-16-28/h2,5-6,11-12,17-20,27-28H,3-4,7-10,13-16,21-24H2,1H3,(H,36,41)(H,37,40). The van der Waals surface area contributed by atoms with Gasteiger partial charge in [-0.1, -0.05) is 68.9 Å². The molecule has 0 spiro atoms. The fourth-order valence-electron chi connectivity index (χ4n) is 7.32. The Labute approximate surface area is 271 Å². The molecule has 6 rings (SSSR count). The lowest BCUT2D eigenvalue weighted by Crippen LogP contribution is -2.48. The van der Waals surface area contributed by atoms with Crippen molar-refractivity contribution >= 4 is 38.2 Å². The maximum Gasteiger partial charge on any atom is 0.256 e. The van der Waals surface area contributed by atoms with Crippen LogP contribution in [0.1, 0.15) is 101 Å². The van der Waals surface area contributed by atoms with Crippen LogP contribution in [0.15, 0.2) is 59.5 Å². The quantitative estimate of drug-likeness (QED) is 0.273. The molecule has 10 heteroatoms. The number of nitrogens with zero attached hydrogens (tertiary/aromatic N) is 2. The number of hydrogen-bond donors (Lipinski definition) is 2. The summed E-state index contributed by atoms with van der Waals surface area (Å²) in [4.78, 5) is 30.2. The summed E-state index contributed by atoms with van der Waals surface area (Å²) >= 11 is 1.45. The third kappa shape index (κ3) is 7.04. The van der Waals surface area contributed by atoms with Gasteiger partial charge in [-0.3, -0.25) is 14.5 Å². The van der Waals surface area contributed by atoms with Gasteiger partial charge in [0.2, 0.25) is 10.0 Å². The third-order valence-electron chi connectivity index (χ3n) is 9.63. The van der Waals surface area contributed by atoms with E-state index in [1.807, 2.05) is 22.5 Å². The molecule has 2 saturated carbocycles. The van der Waals surface area contributed by atoms with E-state index in [1.165, 1.54) is 29.7 Å². The number of thiophene rings is 1. The molecule has 2 heterocycles. The normalized spacial score (nSPS) is 18.4. The van der Waals surface area contributed by atoms with Crippen molar-refractivity contribution < 1.29 is 18.0 Å². The van der Waals surface area contributed by atoms with Crippen LogP contribution in [0.5, 0.6) is 0 Å². The Kier molecular flexibility index (Phi) is 10.0. The molecule has 2 aromatic carbocycles. The van der Waals surface area contributed by atoms with E-state index in [0.717, 1.165) is 81.3 Å². The molecule has 0 atom stereocenters. The zero-order valence-corrected chi connectivity index (χ0v) is 27.7. The topological polar surface area (TPSA) is 98.8 Å². The summed E-state index contributed by atoms with van der Waals surface area (Å²) in [5.74, 6) is -0.577. The number of sulfonamides is 1. The number of rotatable bonds is 9. The number of carbonyl (C=O) groups is 2. The number of hydrogen-bond acceptors (Lipinski definition) is 6. The van der Waals surface area contributed by atoms with Gasteiger partial charge in [-0.25, -0.2) is 8.42 Å². The molecule has 1 aromatic heterocycles. The first kappa shape index (κ1) is 31.9. The third-order valence-corrected chi connectivity index (χ3v) is 12.8. The van der Waals surface area contributed by atoms with Crippen molar-refractivity contribution in [2.24, 2.45) is 0 Å². The SMILES string of the molecule is CNC(=O)c1c(NC(=O)c2ccc(S(=O)(=O)N(C3CCCCC3)C3CCCCC3)cc2)sc2c1CCN(Cc1ccccc1)C2. The van der Waals surface area contributed by atoms with Gasteiger partial charge in [0.15, 0.2) is 0 Å². The molecule has 0 saturated heterocycles. The predicted molar refractivity (Wildman–Crippen MR) is 179 cm³/mol. The van der Waals surface area contributed by atoms with Crippen molar-refractivity contribution in [2.75, 3.05) is 18.9 Å². The molecule has 1 aliphatic heterocycles. The summed E-state index contributed by atoms with van der Waals surface area (Å²) in [5.41, 5.74) is 3.12. The summed E-state index contributed by atoms with van der Waals surface area (Å²) in [6, 6.07) is 16.8. The maximum absolute atomic E-state index is 14.1. The van der Waals surface area contributed by atoms with Crippen LogP contribution in [0, 0.1) is 0 Å². The summed E-state index contributed by atoms with van der Waals surface area (Å²) in [7, 11) is -2.10. The Morgan fingerprint density at radius 3 is 2.09 bits per heavy atom. The minimum Gasteiger partial charge on any atom is -0.355 e. The first-order valence-electron chi connectivity index (χ1n) is 16.4. The largest absolute Gasteiger partial charge is 0.355 e. The molecule has 0 unspecified atom stereocenters. The maximum atomic E-state index is 14.1. The van der Waals surface area contributed by atoms with Crippen molar-refractivity contribution in [1.29, 1.82) is 0 Å². The molecule has 3 aromatic rings. The van der Waals surface area contributed by atoms with Gasteiger partial charge in [0.25, 0.3) is 11.8 Å². The fourth-order valence-corrected chi connectivity index (χ4v) is 10.5. The highest BCUT2D eigenvalue weighted by molar-refractivity contribution is 7.89. The Balaban J connectivity index is 1.20. The second-order valence-electron chi connectivity index (χ2n) is 12.6. The van der Waals surface area contributed by atoms with Crippen molar-refractivity contribution in [1.82, 2.24) is 14.5 Å². The highest BCUT2D eigenvalue weighted by Crippen LogP contribution is 2.38. The Bertz CT molecular complexity index is 1570. The number of fused-ring (bicyclic) bond motifs is 1. The van der Waals surface area contributed by atoms with E-state index in [0.29, 0.717) is 22.7 Å². The van der Waals surface area contributed by atoms with E-state index in [9.17, 15) is 18.0 Å². The van der Waals surface area contributed by atoms with Gasteiger partial charge in [0, 0.05) is 49.2 Å². The van der Waals surface area contributed by atoms with Gasteiger partial charge >= 0.3 is 0 Å². The molecule has 8 nitrogen and oxygen atoms in total. The number of benzene rings is 2. The van der Waals surface area contributed by atoms with Crippen molar-refractivity contribution in [2.45, 2.75) is 101 Å². The lowest BCUT2D eigenvalue weighted by Gasteiger charge is -2.40. The summed E-state index contributed by atoms with van der Waals surface area (Å²) in [6.45, 7) is 2.35. The summed E-state index contributed by atoms with van der Waals surface area (Å²) < 4.78 is 30.0. The van der Waals surface area contributed by atoms with Gasteiger partial charge in [-0.2, -0.15) is 4.31 Å². The van der Waals surface area contributed by atoms with Crippen molar-refractivity contribution in [3.63, 3.8) is 0 Å². The van der Waals surface area contributed by atoms with E-state index in [1.54, 1.807) is 31.3 Å². The van der Waals surface area contributed by atoms with Crippen LogP contribution < -0.4 is 10.6 Å². The van der Waals surface area contributed by atoms with E-state index < -0.39 is 10.0 Å². The second kappa shape index (κ2) is 14.2. The van der Waals surface area contributed by atoms with Gasteiger partial charge in [-0.05, 0) is 67.5 Å². The van der Waals surface area contributed by atoms with Crippen LogP contribution in [0.4, 0.5) is 5.00 Å². The minimum atomic E-state index is -3.71. The Morgan fingerprint density at radius 2 is 1.49 bits per heavy atom. The molecule has 3 aliphatic rings. The first-order chi connectivity index (χ1) is 21.8. The predicted octanol–water partition coefficient (Wildman–Crippen LogP) is 6.57. The summed E-state index contributed by atoms with van der Waals surface area (Å²) in [6.07, 6.45) is 11.0. The average molecular weight is 649 g/mol. The lowest BCUT2D eigenvalue weighted by atomic mass is 9.91. The molecule has 0 radical (unpaired) electrons. The molecular formula is C35H44N4O4S2.